The van der Waals surface area contributed by atoms with Gasteiger partial charge in [0.2, 0.25) is 5.91 Å². The van der Waals surface area contributed by atoms with Gasteiger partial charge in [-0.1, -0.05) is 12.2 Å². The lowest BCUT2D eigenvalue weighted by Crippen LogP contribution is -2.34. The molecule has 0 aromatic carbocycles. The molecule has 0 radical (unpaired) electrons. The Morgan fingerprint density at radius 1 is 1.47 bits per heavy atom. The van der Waals surface area contributed by atoms with Crippen LogP contribution in [0.4, 0.5) is 0 Å². The molecule has 3 rings (SSSR count). The van der Waals surface area contributed by atoms with E-state index in [1.165, 1.54) is 12.7 Å². The molecule has 1 aromatic heterocycles. The molecule has 1 amide bonds. The number of H-pyrrole nitrogens is 1. The Morgan fingerprint density at radius 3 is 3.06 bits per heavy atom. The van der Waals surface area contributed by atoms with Gasteiger partial charge in [-0.15, -0.1) is 0 Å². The van der Waals surface area contributed by atoms with Crippen LogP contribution < -0.4 is 5.32 Å². The van der Waals surface area contributed by atoms with E-state index >= 15 is 0 Å². The van der Waals surface area contributed by atoms with Crippen LogP contribution in [0.1, 0.15) is 18.7 Å². The number of aromatic amines is 1. The van der Waals surface area contributed by atoms with Crippen molar-refractivity contribution < 1.29 is 4.79 Å². The highest BCUT2D eigenvalue weighted by atomic mass is 16.1. The van der Waals surface area contributed by atoms with Crippen molar-refractivity contribution in [2.45, 2.75) is 19.3 Å². The minimum absolute atomic E-state index is 0.194. The summed E-state index contributed by atoms with van der Waals surface area (Å²) < 4.78 is 0. The van der Waals surface area contributed by atoms with Gasteiger partial charge in [0.15, 0.2) is 0 Å². The summed E-state index contributed by atoms with van der Waals surface area (Å²) >= 11 is 0. The highest BCUT2D eigenvalue weighted by molar-refractivity contribution is 5.79. The molecule has 5 nitrogen and oxygen atoms in total. The first-order chi connectivity index (χ1) is 8.33. The fourth-order valence-corrected chi connectivity index (χ4v) is 2.87. The van der Waals surface area contributed by atoms with Crippen LogP contribution in [0.3, 0.4) is 0 Å². The van der Waals surface area contributed by atoms with Crippen LogP contribution in [-0.4, -0.2) is 27.6 Å². The largest absolute Gasteiger partial charge is 0.355 e. The number of carbonyl (C=O) groups excluding carboxylic acids is 1. The standard InChI is InChI=1S/C12H16N4O/c17-12(10-6-8-1-2-9(10)5-8)13-4-3-11-14-7-15-16-11/h1-2,7-10H,3-6H2,(H,13,17)(H,14,15,16). The van der Waals surface area contributed by atoms with Crippen molar-refractivity contribution in [3.8, 4) is 0 Å². The van der Waals surface area contributed by atoms with Crippen LogP contribution in [0.5, 0.6) is 0 Å². The molecule has 0 aliphatic heterocycles. The van der Waals surface area contributed by atoms with Gasteiger partial charge in [-0.25, -0.2) is 4.98 Å². The maximum Gasteiger partial charge on any atom is 0.223 e. The topological polar surface area (TPSA) is 70.7 Å². The second-order valence-corrected chi connectivity index (χ2v) is 4.86. The second kappa shape index (κ2) is 4.31. The zero-order valence-electron chi connectivity index (χ0n) is 9.60. The summed E-state index contributed by atoms with van der Waals surface area (Å²) in [6.45, 7) is 0.631. The summed E-state index contributed by atoms with van der Waals surface area (Å²) in [4.78, 5) is 16.0. The van der Waals surface area contributed by atoms with E-state index in [1.807, 2.05) is 0 Å². The third-order valence-corrected chi connectivity index (χ3v) is 3.74. The molecule has 2 aliphatic carbocycles. The van der Waals surface area contributed by atoms with Crippen LogP contribution in [0.25, 0.3) is 0 Å². The van der Waals surface area contributed by atoms with Gasteiger partial charge in [0, 0.05) is 18.9 Å². The number of amides is 1. The highest BCUT2D eigenvalue weighted by Gasteiger charge is 2.39. The quantitative estimate of drug-likeness (QED) is 0.750. The molecule has 3 atom stereocenters. The first-order valence-electron chi connectivity index (χ1n) is 6.13. The third kappa shape index (κ3) is 2.09. The number of nitrogens with zero attached hydrogens (tertiary/aromatic N) is 2. The molecule has 2 aliphatic rings. The van der Waals surface area contributed by atoms with E-state index < -0.39 is 0 Å². The molecule has 1 fully saturated rings. The monoisotopic (exact) mass is 232 g/mol. The molecule has 1 saturated carbocycles. The van der Waals surface area contributed by atoms with Gasteiger partial charge in [0.25, 0.3) is 0 Å². The fraction of sp³-hybridized carbons (Fsp3) is 0.583. The molecular formula is C12H16N4O. The number of rotatable bonds is 4. The number of allylic oxidation sites excluding steroid dienone is 2. The Bertz CT molecular complexity index is 426. The van der Waals surface area contributed by atoms with Crippen molar-refractivity contribution >= 4 is 5.91 Å². The average molecular weight is 232 g/mol. The Balaban J connectivity index is 1.46. The number of carbonyl (C=O) groups is 1. The van der Waals surface area contributed by atoms with E-state index in [9.17, 15) is 4.79 Å². The van der Waals surface area contributed by atoms with Crippen molar-refractivity contribution in [3.05, 3.63) is 24.3 Å². The molecule has 0 saturated heterocycles. The third-order valence-electron chi connectivity index (χ3n) is 3.74. The highest BCUT2D eigenvalue weighted by Crippen LogP contribution is 2.43. The van der Waals surface area contributed by atoms with Crippen LogP contribution >= 0.6 is 0 Å². The van der Waals surface area contributed by atoms with Gasteiger partial charge in [-0.05, 0) is 24.7 Å². The molecule has 2 N–H and O–H groups in total. The SMILES string of the molecule is O=C(NCCc1ncn[nH]1)C1CC2C=CC1C2. The maximum absolute atomic E-state index is 12.0. The molecule has 3 unspecified atom stereocenters. The molecule has 1 heterocycles. The molecule has 5 heteroatoms. The minimum atomic E-state index is 0.194. The van der Waals surface area contributed by atoms with Crippen LogP contribution in [-0.2, 0) is 11.2 Å². The Labute approximate surface area is 99.7 Å². The van der Waals surface area contributed by atoms with Gasteiger partial charge >= 0.3 is 0 Å². The van der Waals surface area contributed by atoms with Crippen LogP contribution in [0.2, 0.25) is 0 Å². The summed E-state index contributed by atoms with van der Waals surface area (Å²) in [5.74, 6) is 2.33. The number of hydrogen-bond acceptors (Lipinski definition) is 3. The lowest BCUT2D eigenvalue weighted by atomic mass is 9.93. The zero-order chi connectivity index (χ0) is 11.7. The maximum atomic E-state index is 12.0. The lowest BCUT2D eigenvalue weighted by Gasteiger charge is -2.17. The van der Waals surface area contributed by atoms with Crippen LogP contribution in [0, 0.1) is 17.8 Å². The van der Waals surface area contributed by atoms with Crippen molar-refractivity contribution in [1.82, 2.24) is 20.5 Å². The van der Waals surface area contributed by atoms with Crippen molar-refractivity contribution in [2.24, 2.45) is 17.8 Å². The molecular weight excluding hydrogens is 216 g/mol. The van der Waals surface area contributed by atoms with E-state index in [-0.39, 0.29) is 11.8 Å². The molecule has 2 bridgehead atoms. The van der Waals surface area contributed by atoms with Gasteiger partial charge in [-0.3, -0.25) is 9.89 Å². The van der Waals surface area contributed by atoms with E-state index in [1.54, 1.807) is 0 Å². The summed E-state index contributed by atoms with van der Waals surface area (Å²) in [6.07, 6.45) is 8.84. The first-order valence-corrected chi connectivity index (χ1v) is 6.13. The Kier molecular flexibility index (Phi) is 2.66. The minimum Gasteiger partial charge on any atom is -0.355 e. The second-order valence-electron chi connectivity index (χ2n) is 4.86. The summed E-state index contributed by atoms with van der Waals surface area (Å²) in [7, 11) is 0. The summed E-state index contributed by atoms with van der Waals surface area (Å²) in [5, 5.41) is 9.54. The smallest absolute Gasteiger partial charge is 0.223 e. The van der Waals surface area contributed by atoms with Crippen molar-refractivity contribution in [2.75, 3.05) is 6.54 Å². The summed E-state index contributed by atoms with van der Waals surface area (Å²) in [5.41, 5.74) is 0. The predicted molar refractivity (Wildman–Crippen MR) is 61.9 cm³/mol. The van der Waals surface area contributed by atoms with E-state index in [0.717, 1.165) is 12.2 Å². The molecule has 90 valence electrons. The van der Waals surface area contributed by atoms with Crippen molar-refractivity contribution in [3.63, 3.8) is 0 Å². The zero-order valence-corrected chi connectivity index (χ0v) is 9.60. The van der Waals surface area contributed by atoms with Crippen molar-refractivity contribution in [1.29, 1.82) is 0 Å². The summed E-state index contributed by atoms with van der Waals surface area (Å²) in [6, 6.07) is 0. The number of nitrogens with one attached hydrogen (secondary N) is 2. The lowest BCUT2D eigenvalue weighted by molar-refractivity contribution is -0.125. The molecule has 1 aromatic rings. The predicted octanol–water partition coefficient (Wildman–Crippen LogP) is 0.676. The Morgan fingerprint density at radius 2 is 2.41 bits per heavy atom. The van der Waals surface area contributed by atoms with Gasteiger partial charge in [0.05, 0.1) is 0 Å². The van der Waals surface area contributed by atoms with Crippen LogP contribution in [0.15, 0.2) is 18.5 Å². The van der Waals surface area contributed by atoms with E-state index in [2.05, 4.69) is 32.7 Å². The average Bonchev–Trinajstić information content (AvgIpc) is 3.05. The van der Waals surface area contributed by atoms with Gasteiger partial charge < -0.3 is 5.32 Å². The normalized spacial score (nSPS) is 29.8. The number of fused-ring (bicyclic) bond motifs is 2. The first kappa shape index (κ1) is 10.5. The molecule has 17 heavy (non-hydrogen) atoms. The van der Waals surface area contributed by atoms with E-state index in [0.29, 0.717) is 24.8 Å². The molecule has 0 spiro atoms. The number of hydrogen-bond donors (Lipinski definition) is 2. The fourth-order valence-electron chi connectivity index (χ4n) is 2.87. The number of aromatic nitrogens is 3. The van der Waals surface area contributed by atoms with Gasteiger partial charge in [0.1, 0.15) is 12.2 Å². The Hall–Kier alpha value is -1.65. The van der Waals surface area contributed by atoms with E-state index in [4.69, 9.17) is 0 Å². The van der Waals surface area contributed by atoms with Gasteiger partial charge in [-0.2, -0.15) is 5.10 Å².